The molecule has 0 saturated carbocycles. The van der Waals surface area contributed by atoms with Crippen molar-refractivity contribution >= 4 is 12.0 Å². The van der Waals surface area contributed by atoms with E-state index in [1.165, 1.54) is 19.1 Å². The van der Waals surface area contributed by atoms with Gasteiger partial charge in [-0.1, -0.05) is 0 Å². The largest absolute Gasteiger partial charge is 0.479 e. The Labute approximate surface area is 100 Å². The van der Waals surface area contributed by atoms with Crippen LogP contribution >= 0.6 is 0 Å². The van der Waals surface area contributed by atoms with Crippen molar-refractivity contribution in [2.75, 3.05) is 27.2 Å². The molecule has 0 heterocycles. The maximum atomic E-state index is 11.5. The van der Waals surface area contributed by atoms with Crippen molar-refractivity contribution in [1.82, 2.24) is 10.2 Å². The van der Waals surface area contributed by atoms with Gasteiger partial charge in [0.2, 0.25) is 0 Å². The normalized spacial score (nSPS) is 13.0. The highest BCUT2D eigenvalue weighted by Gasteiger charge is 2.21. The number of carboxylic acid groups (broad SMARTS) is 1. The van der Waals surface area contributed by atoms with Crippen molar-refractivity contribution in [3.63, 3.8) is 0 Å². The van der Waals surface area contributed by atoms with Gasteiger partial charge in [-0.25, -0.2) is 9.59 Å². The van der Waals surface area contributed by atoms with Gasteiger partial charge in [0.05, 0.1) is 18.7 Å². The maximum Gasteiger partial charge on any atom is 0.334 e. The molecular weight excluding hydrogens is 228 g/mol. The number of nitrogens with zero attached hydrogens (tertiary/aromatic N) is 1. The SMILES string of the molecule is COC(CNC(=O)N(C)CC(C)(C)O)C(=O)O. The standard InChI is InChI=1S/C10H20N2O5/c1-10(2,16)6-12(3)9(15)11-5-7(17-4)8(13)14/h7,16H,5-6H2,1-4H3,(H,11,15)(H,13,14). The summed E-state index contributed by atoms with van der Waals surface area (Å²) < 4.78 is 4.66. The lowest BCUT2D eigenvalue weighted by atomic mass is 10.1. The average Bonchev–Trinajstić information content (AvgIpc) is 2.15. The minimum atomic E-state index is -1.14. The predicted molar refractivity (Wildman–Crippen MR) is 60.8 cm³/mol. The molecule has 0 radical (unpaired) electrons. The van der Waals surface area contributed by atoms with E-state index in [-0.39, 0.29) is 13.1 Å². The predicted octanol–water partition coefficient (Wildman–Crippen LogP) is -0.502. The number of nitrogens with one attached hydrogen (secondary N) is 1. The van der Waals surface area contributed by atoms with Gasteiger partial charge in [0, 0.05) is 14.2 Å². The molecule has 0 rings (SSSR count). The minimum absolute atomic E-state index is 0.124. The summed E-state index contributed by atoms with van der Waals surface area (Å²) in [6.45, 7) is 3.17. The van der Waals surface area contributed by atoms with E-state index >= 15 is 0 Å². The van der Waals surface area contributed by atoms with E-state index in [2.05, 4.69) is 10.1 Å². The molecule has 0 aromatic rings. The number of methoxy groups -OCH3 is 1. The molecule has 0 spiro atoms. The zero-order valence-electron chi connectivity index (χ0n) is 10.6. The number of hydrogen-bond acceptors (Lipinski definition) is 4. The van der Waals surface area contributed by atoms with Gasteiger partial charge in [-0.15, -0.1) is 0 Å². The number of aliphatic carboxylic acids is 1. The highest BCUT2D eigenvalue weighted by atomic mass is 16.5. The quantitative estimate of drug-likeness (QED) is 0.588. The molecule has 0 aliphatic heterocycles. The van der Waals surface area contributed by atoms with Crippen LogP contribution in [0.4, 0.5) is 4.79 Å². The van der Waals surface area contributed by atoms with Crippen molar-refractivity contribution < 1.29 is 24.5 Å². The number of urea groups is 1. The third-order valence-electron chi connectivity index (χ3n) is 1.97. The van der Waals surface area contributed by atoms with Gasteiger partial charge in [0.1, 0.15) is 0 Å². The highest BCUT2D eigenvalue weighted by molar-refractivity contribution is 5.76. The van der Waals surface area contributed by atoms with Crippen LogP contribution in [0.2, 0.25) is 0 Å². The molecule has 1 unspecified atom stereocenters. The Balaban J connectivity index is 4.13. The Morgan fingerprint density at radius 3 is 2.35 bits per heavy atom. The number of likely N-dealkylation sites (N-methyl/N-ethyl adjacent to an activating group) is 1. The zero-order chi connectivity index (χ0) is 13.6. The van der Waals surface area contributed by atoms with Gasteiger partial charge in [0.15, 0.2) is 6.10 Å². The Hall–Kier alpha value is -1.34. The summed E-state index contributed by atoms with van der Waals surface area (Å²) >= 11 is 0. The number of ether oxygens (including phenoxy) is 1. The molecule has 17 heavy (non-hydrogen) atoms. The lowest BCUT2D eigenvalue weighted by Gasteiger charge is -2.26. The molecule has 0 aliphatic carbocycles. The fourth-order valence-electron chi connectivity index (χ4n) is 1.24. The zero-order valence-corrected chi connectivity index (χ0v) is 10.6. The number of carboxylic acids is 1. The first-order valence-corrected chi connectivity index (χ1v) is 5.14. The van der Waals surface area contributed by atoms with Gasteiger partial charge >= 0.3 is 12.0 Å². The molecule has 7 nitrogen and oxygen atoms in total. The van der Waals surface area contributed by atoms with E-state index in [0.29, 0.717) is 0 Å². The molecule has 1 atom stereocenters. The molecule has 0 aromatic heterocycles. The van der Waals surface area contributed by atoms with Crippen LogP contribution in [0.1, 0.15) is 13.8 Å². The van der Waals surface area contributed by atoms with Gasteiger partial charge < -0.3 is 25.2 Å². The minimum Gasteiger partial charge on any atom is -0.479 e. The summed E-state index contributed by atoms with van der Waals surface area (Å²) in [5.41, 5.74) is -1.00. The molecule has 100 valence electrons. The van der Waals surface area contributed by atoms with Crippen LogP contribution in [0.5, 0.6) is 0 Å². The number of rotatable bonds is 6. The second-order valence-corrected chi connectivity index (χ2v) is 4.42. The van der Waals surface area contributed by atoms with Crippen LogP contribution in [0.25, 0.3) is 0 Å². The molecule has 7 heteroatoms. The Morgan fingerprint density at radius 1 is 1.47 bits per heavy atom. The van der Waals surface area contributed by atoms with Crippen LogP contribution in [0.3, 0.4) is 0 Å². The number of aliphatic hydroxyl groups is 1. The molecule has 0 aliphatic rings. The average molecular weight is 248 g/mol. The number of carbonyl (C=O) groups excluding carboxylic acids is 1. The summed E-state index contributed by atoms with van der Waals surface area (Å²) in [6.07, 6.45) is -1.07. The second-order valence-electron chi connectivity index (χ2n) is 4.42. The van der Waals surface area contributed by atoms with Crippen molar-refractivity contribution in [3.05, 3.63) is 0 Å². The molecule has 0 saturated heterocycles. The van der Waals surface area contributed by atoms with Crippen LogP contribution in [-0.4, -0.2) is 66.1 Å². The summed E-state index contributed by atoms with van der Waals surface area (Å²) in [5.74, 6) is -1.14. The number of amides is 2. The van der Waals surface area contributed by atoms with Crippen molar-refractivity contribution in [2.24, 2.45) is 0 Å². The Kier molecular flexibility index (Phi) is 5.90. The lowest BCUT2D eigenvalue weighted by molar-refractivity contribution is -0.148. The van der Waals surface area contributed by atoms with Gasteiger partial charge in [0.25, 0.3) is 0 Å². The van der Waals surface area contributed by atoms with Crippen molar-refractivity contribution in [1.29, 1.82) is 0 Å². The first-order valence-electron chi connectivity index (χ1n) is 5.14. The molecule has 2 amide bonds. The van der Waals surface area contributed by atoms with Gasteiger partial charge in [-0.05, 0) is 13.8 Å². The smallest absolute Gasteiger partial charge is 0.334 e. The van der Waals surface area contributed by atoms with Gasteiger partial charge in [-0.2, -0.15) is 0 Å². The summed E-state index contributed by atoms with van der Waals surface area (Å²) in [4.78, 5) is 23.4. The molecule has 0 bridgehead atoms. The summed E-state index contributed by atoms with van der Waals surface area (Å²) in [5, 5.41) is 20.6. The van der Waals surface area contributed by atoms with Crippen LogP contribution in [-0.2, 0) is 9.53 Å². The van der Waals surface area contributed by atoms with Crippen molar-refractivity contribution in [2.45, 2.75) is 25.6 Å². The van der Waals surface area contributed by atoms with E-state index < -0.39 is 23.7 Å². The molecule has 0 aromatic carbocycles. The van der Waals surface area contributed by atoms with E-state index in [0.717, 1.165) is 0 Å². The van der Waals surface area contributed by atoms with E-state index in [9.17, 15) is 14.7 Å². The monoisotopic (exact) mass is 248 g/mol. The van der Waals surface area contributed by atoms with Crippen LogP contribution in [0, 0.1) is 0 Å². The first kappa shape index (κ1) is 15.7. The lowest BCUT2D eigenvalue weighted by Crippen LogP contribution is -2.47. The second kappa shape index (κ2) is 6.41. The van der Waals surface area contributed by atoms with Crippen molar-refractivity contribution in [3.8, 4) is 0 Å². The topological polar surface area (TPSA) is 99.1 Å². The third kappa shape index (κ3) is 6.75. The van der Waals surface area contributed by atoms with Gasteiger partial charge in [-0.3, -0.25) is 0 Å². The third-order valence-corrected chi connectivity index (χ3v) is 1.97. The molecule has 3 N–H and O–H groups in total. The summed E-state index contributed by atoms with van der Waals surface area (Å²) in [6, 6.07) is -0.463. The fourth-order valence-corrected chi connectivity index (χ4v) is 1.24. The first-order chi connectivity index (χ1) is 7.67. The highest BCUT2D eigenvalue weighted by Crippen LogP contribution is 2.03. The van der Waals surface area contributed by atoms with E-state index in [1.807, 2.05) is 0 Å². The Bertz CT molecular complexity index is 274. The Morgan fingerprint density at radius 2 is 2.00 bits per heavy atom. The molecule has 0 fully saturated rings. The fraction of sp³-hybridized carbons (Fsp3) is 0.800. The number of carbonyl (C=O) groups is 2. The van der Waals surface area contributed by atoms with Crippen LogP contribution < -0.4 is 5.32 Å². The number of hydrogen-bond donors (Lipinski definition) is 3. The van der Waals surface area contributed by atoms with E-state index in [4.69, 9.17) is 5.11 Å². The molecular formula is C10H20N2O5. The summed E-state index contributed by atoms with van der Waals surface area (Å²) in [7, 11) is 2.77. The van der Waals surface area contributed by atoms with Crippen LogP contribution in [0.15, 0.2) is 0 Å². The van der Waals surface area contributed by atoms with E-state index in [1.54, 1.807) is 13.8 Å². The maximum absolute atomic E-state index is 11.5.